The Kier molecular flexibility index (Phi) is 6.20. The lowest BCUT2D eigenvalue weighted by Crippen LogP contribution is -2.30. The van der Waals surface area contributed by atoms with Crippen LogP contribution in [0.3, 0.4) is 0 Å². The molecule has 166 valence electrons. The van der Waals surface area contributed by atoms with Gasteiger partial charge in [0.05, 0.1) is 23.9 Å². The van der Waals surface area contributed by atoms with Crippen LogP contribution in [0.4, 0.5) is 0 Å². The van der Waals surface area contributed by atoms with Crippen LogP contribution < -0.4 is 25.2 Å². The monoisotopic (exact) mass is 446 g/mol. The Morgan fingerprint density at radius 3 is 1.52 bits per heavy atom. The van der Waals surface area contributed by atoms with Crippen LogP contribution in [0.2, 0.25) is 0 Å². The quantitative estimate of drug-likeness (QED) is 0.356. The highest BCUT2D eigenvalue weighted by Crippen LogP contribution is 2.25. The third-order valence-electron chi connectivity index (χ3n) is 4.50. The molecular weight excluding hydrogens is 436 g/mol. The molecule has 0 radical (unpaired) electrons. The molecule has 0 heterocycles. The number of ether oxygens (including phenoxy) is 1. The number of carboxylic acids is 4. The van der Waals surface area contributed by atoms with Crippen molar-refractivity contribution in [3.8, 4) is 11.5 Å². The van der Waals surface area contributed by atoms with Crippen molar-refractivity contribution in [2.75, 3.05) is 0 Å². The molecule has 10 nitrogen and oxygen atoms in total. The minimum atomic E-state index is -1.75. The van der Waals surface area contributed by atoms with Gasteiger partial charge in [0.2, 0.25) is 0 Å². The number of hydrogen-bond acceptors (Lipinski definition) is 10. The summed E-state index contributed by atoms with van der Waals surface area (Å²) in [6.45, 7) is 0. The summed E-state index contributed by atoms with van der Waals surface area (Å²) < 4.78 is 5.46. The molecule has 0 spiro atoms. The third-order valence-corrected chi connectivity index (χ3v) is 4.50. The van der Waals surface area contributed by atoms with E-state index in [-0.39, 0.29) is 22.6 Å². The van der Waals surface area contributed by atoms with Gasteiger partial charge >= 0.3 is 0 Å². The fraction of sp³-hybridized carbons (Fsp3) is 0. The highest BCUT2D eigenvalue weighted by Gasteiger charge is 2.16. The van der Waals surface area contributed by atoms with Crippen LogP contribution in [0.5, 0.6) is 11.5 Å². The number of hydrogen-bond donors (Lipinski definition) is 0. The Balaban J connectivity index is 1.87. The molecular formula is C23H10O10-4. The fourth-order valence-corrected chi connectivity index (χ4v) is 2.94. The Bertz CT molecular complexity index is 1310. The molecule has 33 heavy (non-hydrogen) atoms. The molecule has 3 aromatic carbocycles. The van der Waals surface area contributed by atoms with Gasteiger partial charge in [-0.05, 0) is 60.2 Å². The fourth-order valence-electron chi connectivity index (χ4n) is 2.94. The van der Waals surface area contributed by atoms with Crippen molar-refractivity contribution in [3.05, 3.63) is 94.0 Å². The van der Waals surface area contributed by atoms with E-state index in [9.17, 15) is 44.4 Å². The molecule has 0 saturated heterocycles. The Morgan fingerprint density at radius 1 is 0.485 bits per heavy atom. The number of benzene rings is 3. The van der Waals surface area contributed by atoms with Crippen LogP contribution in [0.15, 0.2) is 60.7 Å². The topological polar surface area (TPSA) is 187 Å². The maximum absolute atomic E-state index is 12.7. The Hall–Kier alpha value is -4.99. The van der Waals surface area contributed by atoms with Crippen LogP contribution in [0, 0.1) is 0 Å². The summed E-state index contributed by atoms with van der Waals surface area (Å²) >= 11 is 0. The smallest absolute Gasteiger partial charge is 0.193 e. The standard InChI is InChI=1S/C23H14O10/c24-19(15-7-3-12(20(25)26)9-17(15)22(29)30)11-1-4-13(5-2-11)33-14-6-8-16(21(27)28)18(10-14)23(31)32/h1-10H,(H,25,26)(H,27,28)(H,29,30)(H,31,32)/p-4. The first-order valence-electron chi connectivity index (χ1n) is 9.04. The van der Waals surface area contributed by atoms with Gasteiger partial charge < -0.3 is 44.3 Å². The highest BCUT2D eigenvalue weighted by atomic mass is 16.5. The molecule has 0 aliphatic carbocycles. The van der Waals surface area contributed by atoms with Crippen LogP contribution in [0.1, 0.15) is 57.4 Å². The second-order valence-corrected chi connectivity index (χ2v) is 6.57. The van der Waals surface area contributed by atoms with Gasteiger partial charge in [0.15, 0.2) is 5.78 Å². The van der Waals surface area contributed by atoms with Gasteiger partial charge in [-0.3, -0.25) is 4.79 Å². The van der Waals surface area contributed by atoms with Crippen molar-refractivity contribution < 1.29 is 49.1 Å². The second-order valence-electron chi connectivity index (χ2n) is 6.57. The van der Waals surface area contributed by atoms with Gasteiger partial charge in [-0.2, -0.15) is 0 Å². The van der Waals surface area contributed by atoms with Gasteiger partial charge in [0, 0.05) is 27.8 Å². The number of carbonyl (C=O) groups is 5. The Morgan fingerprint density at radius 2 is 0.970 bits per heavy atom. The van der Waals surface area contributed by atoms with Crippen molar-refractivity contribution in [3.63, 3.8) is 0 Å². The van der Waals surface area contributed by atoms with E-state index in [1.165, 1.54) is 30.3 Å². The lowest BCUT2D eigenvalue weighted by Gasteiger charge is -2.14. The summed E-state index contributed by atoms with van der Waals surface area (Å²) in [5, 5.41) is 44.4. The first-order valence-corrected chi connectivity index (χ1v) is 9.04. The second kappa shape index (κ2) is 9.02. The van der Waals surface area contributed by atoms with Crippen LogP contribution >= 0.6 is 0 Å². The van der Waals surface area contributed by atoms with E-state index in [0.717, 1.165) is 30.3 Å². The van der Waals surface area contributed by atoms with Crippen molar-refractivity contribution in [2.24, 2.45) is 0 Å². The highest BCUT2D eigenvalue weighted by molar-refractivity contribution is 6.14. The predicted molar refractivity (Wildman–Crippen MR) is 100 cm³/mol. The largest absolute Gasteiger partial charge is 0.545 e. The summed E-state index contributed by atoms with van der Waals surface area (Å²) in [4.78, 5) is 57.1. The molecule has 0 aliphatic heterocycles. The van der Waals surface area contributed by atoms with Gasteiger partial charge in [0.1, 0.15) is 11.5 Å². The normalized spacial score (nSPS) is 10.3. The van der Waals surface area contributed by atoms with Gasteiger partial charge in [-0.15, -0.1) is 0 Å². The zero-order chi connectivity index (χ0) is 24.3. The minimum Gasteiger partial charge on any atom is -0.545 e. The number of ketones is 1. The molecule has 0 aromatic heterocycles. The molecule has 0 unspecified atom stereocenters. The molecule has 0 fully saturated rings. The maximum Gasteiger partial charge on any atom is 0.193 e. The number of carboxylic acid groups (broad SMARTS) is 4. The number of rotatable bonds is 8. The zero-order valence-electron chi connectivity index (χ0n) is 16.4. The maximum atomic E-state index is 12.7. The van der Waals surface area contributed by atoms with Gasteiger partial charge in [0.25, 0.3) is 0 Å². The summed E-state index contributed by atoms with van der Waals surface area (Å²) in [6, 6.07) is 11.2. The first-order chi connectivity index (χ1) is 15.6. The molecule has 10 heteroatoms. The van der Waals surface area contributed by atoms with Gasteiger partial charge in [-0.25, -0.2) is 0 Å². The SMILES string of the molecule is O=C([O-])c1ccc(C(=O)c2ccc(Oc3ccc(C(=O)[O-])c(C(=O)[O-])c3)cc2)c(C(=O)[O-])c1. The van der Waals surface area contributed by atoms with Crippen molar-refractivity contribution in [1.29, 1.82) is 0 Å². The zero-order valence-corrected chi connectivity index (χ0v) is 16.4. The van der Waals surface area contributed by atoms with E-state index in [0.29, 0.717) is 0 Å². The molecule has 0 atom stereocenters. The van der Waals surface area contributed by atoms with E-state index < -0.39 is 51.9 Å². The average molecular weight is 446 g/mol. The van der Waals surface area contributed by atoms with E-state index >= 15 is 0 Å². The lowest BCUT2D eigenvalue weighted by molar-refractivity contribution is -0.259. The molecule has 0 bridgehead atoms. The molecule has 3 aromatic rings. The van der Waals surface area contributed by atoms with Crippen LogP contribution in [0.25, 0.3) is 0 Å². The van der Waals surface area contributed by atoms with E-state index in [2.05, 4.69) is 0 Å². The Labute approximate surface area is 184 Å². The minimum absolute atomic E-state index is 0.0321. The summed E-state index contributed by atoms with van der Waals surface area (Å²) in [5.74, 6) is -7.43. The summed E-state index contributed by atoms with van der Waals surface area (Å²) in [5.41, 5.74) is -2.55. The van der Waals surface area contributed by atoms with Gasteiger partial charge in [-0.1, -0.05) is 6.07 Å². The van der Waals surface area contributed by atoms with Crippen LogP contribution in [-0.4, -0.2) is 29.7 Å². The van der Waals surface area contributed by atoms with Crippen molar-refractivity contribution >= 4 is 29.7 Å². The molecule has 0 aliphatic rings. The first kappa shape index (κ1) is 22.7. The molecule has 3 rings (SSSR count). The van der Waals surface area contributed by atoms with E-state index in [1.807, 2.05) is 0 Å². The molecule has 0 N–H and O–H groups in total. The van der Waals surface area contributed by atoms with E-state index in [4.69, 9.17) is 4.74 Å². The molecule has 0 saturated carbocycles. The average Bonchev–Trinajstić information content (AvgIpc) is 2.78. The molecule has 0 amide bonds. The third kappa shape index (κ3) is 4.85. The predicted octanol–water partition coefficient (Wildman–Crippen LogP) is -1.84. The lowest BCUT2D eigenvalue weighted by atomic mass is 9.96. The summed E-state index contributed by atoms with van der Waals surface area (Å²) in [7, 11) is 0. The van der Waals surface area contributed by atoms with Crippen molar-refractivity contribution in [2.45, 2.75) is 0 Å². The summed E-state index contributed by atoms with van der Waals surface area (Å²) in [6.07, 6.45) is 0. The van der Waals surface area contributed by atoms with E-state index in [1.54, 1.807) is 0 Å². The number of carbonyl (C=O) groups excluding carboxylic acids is 5. The number of aromatic carboxylic acids is 4. The van der Waals surface area contributed by atoms with Crippen LogP contribution in [-0.2, 0) is 0 Å². The van der Waals surface area contributed by atoms with Crippen molar-refractivity contribution in [1.82, 2.24) is 0 Å².